The van der Waals surface area contributed by atoms with Gasteiger partial charge in [-0.15, -0.1) is 0 Å². The molecule has 0 saturated heterocycles. The summed E-state index contributed by atoms with van der Waals surface area (Å²) in [6.07, 6.45) is 0.0943. The summed E-state index contributed by atoms with van der Waals surface area (Å²) in [6, 6.07) is 13.2. The molecule has 0 bridgehead atoms. The SMILES string of the molecule is NC(=O)[C@@H](CC[S@](=O)c1ccccc1)NC(=O)c1ccccc1F. The molecule has 0 spiro atoms. The molecule has 0 radical (unpaired) electrons. The molecule has 2 aromatic carbocycles. The average Bonchev–Trinajstić information content (AvgIpc) is 2.59. The Morgan fingerprint density at radius 1 is 1.08 bits per heavy atom. The number of carbonyl (C=O) groups is 2. The van der Waals surface area contributed by atoms with E-state index < -0.39 is 34.5 Å². The van der Waals surface area contributed by atoms with Crippen molar-refractivity contribution in [3.05, 3.63) is 66.0 Å². The van der Waals surface area contributed by atoms with Gasteiger partial charge in [0.2, 0.25) is 5.91 Å². The topological polar surface area (TPSA) is 89.3 Å². The molecule has 0 fully saturated rings. The van der Waals surface area contributed by atoms with Crippen LogP contribution in [0.25, 0.3) is 0 Å². The Balaban J connectivity index is 2.00. The molecule has 0 aliphatic rings. The Hall–Kier alpha value is -2.54. The van der Waals surface area contributed by atoms with Crippen LogP contribution in [0.15, 0.2) is 59.5 Å². The summed E-state index contributed by atoms with van der Waals surface area (Å²) >= 11 is 0. The molecular formula is C17H17FN2O3S. The number of rotatable bonds is 7. The van der Waals surface area contributed by atoms with Crippen molar-refractivity contribution in [1.29, 1.82) is 0 Å². The van der Waals surface area contributed by atoms with Crippen LogP contribution in [0, 0.1) is 5.82 Å². The number of carbonyl (C=O) groups excluding carboxylic acids is 2. The van der Waals surface area contributed by atoms with E-state index in [0.29, 0.717) is 4.90 Å². The highest BCUT2D eigenvalue weighted by Gasteiger charge is 2.21. The fourth-order valence-electron chi connectivity index (χ4n) is 2.08. The predicted octanol–water partition coefficient (Wildman–Crippen LogP) is 1.61. The molecule has 126 valence electrons. The molecule has 7 heteroatoms. The lowest BCUT2D eigenvalue weighted by atomic mass is 10.1. The van der Waals surface area contributed by atoms with Crippen LogP contribution in [-0.4, -0.2) is 27.8 Å². The maximum Gasteiger partial charge on any atom is 0.254 e. The molecule has 0 heterocycles. The van der Waals surface area contributed by atoms with E-state index in [4.69, 9.17) is 5.73 Å². The monoisotopic (exact) mass is 348 g/mol. The number of primary amides is 1. The van der Waals surface area contributed by atoms with E-state index >= 15 is 0 Å². The number of nitrogens with two attached hydrogens (primary N) is 1. The summed E-state index contributed by atoms with van der Waals surface area (Å²) in [5, 5.41) is 2.39. The minimum atomic E-state index is -1.32. The molecule has 3 N–H and O–H groups in total. The van der Waals surface area contributed by atoms with E-state index in [1.165, 1.54) is 18.2 Å². The normalized spacial score (nSPS) is 13.0. The van der Waals surface area contributed by atoms with Gasteiger partial charge in [-0.3, -0.25) is 13.8 Å². The number of halogens is 1. The zero-order chi connectivity index (χ0) is 17.5. The fraction of sp³-hybridized carbons (Fsp3) is 0.176. The quantitative estimate of drug-likeness (QED) is 0.796. The second-order valence-electron chi connectivity index (χ2n) is 5.06. The third kappa shape index (κ3) is 4.73. The van der Waals surface area contributed by atoms with Gasteiger partial charge < -0.3 is 11.1 Å². The number of nitrogens with one attached hydrogen (secondary N) is 1. The van der Waals surface area contributed by atoms with Crippen LogP contribution in [0.5, 0.6) is 0 Å². The number of benzene rings is 2. The van der Waals surface area contributed by atoms with Crippen molar-refractivity contribution in [2.75, 3.05) is 5.75 Å². The molecule has 2 atom stereocenters. The predicted molar refractivity (Wildman–Crippen MR) is 89.2 cm³/mol. The molecule has 0 aliphatic heterocycles. The number of amides is 2. The van der Waals surface area contributed by atoms with Crippen LogP contribution in [0.4, 0.5) is 4.39 Å². The molecule has 2 amide bonds. The van der Waals surface area contributed by atoms with Crippen LogP contribution >= 0.6 is 0 Å². The lowest BCUT2D eigenvalue weighted by Crippen LogP contribution is -2.45. The largest absolute Gasteiger partial charge is 0.368 e. The van der Waals surface area contributed by atoms with Crippen LogP contribution in [0.3, 0.4) is 0 Å². The average molecular weight is 348 g/mol. The number of hydrogen-bond acceptors (Lipinski definition) is 3. The van der Waals surface area contributed by atoms with Crippen LogP contribution in [0.1, 0.15) is 16.8 Å². The van der Waals surface area contributed by atoms with E-state index in [9.17, 15) is 18.2 Å². The second kappa shape index (κ2) is 8.35. The van der Waals surface area contributed by atoms with Gasteiger partial charge in [-0.2, -0.15) is 0 Å². The molecule has 2 rings (SSSR count). The van der Waals surface area contributed by atoms with Gasteiger partial charge >= 0.3 is 0 Å². The minimum absolute atomic E-state index is 0.0943. The van der Waals surface area contributed by atoms with Crippen molar-refractivity contribution in [2.24, 2.45) is 5.73 Å². The number of hydrogen-bond donors (Lipinski definition) is 2. The summed E-state index contributed by atoms with van der Waals surface area (Å²) in [4.78, 5) is 24.2. The van der Waals surface area contributed by atoms with Gasteiger partial charge in [-0.05, 0) is 30.7 Å². The standard InChI is InChI=1S/C17H17FN2O3S/c18-14-9-5-4-8-13(14)17(22)20-15(16(19)21)10-11-24(23)12-6-2-1-3-7-12/h1-9,15H,10-11H2,(H2,19,21)(H,20,22)/t15-,24+/m1/s1. The van der Waals surface area contributed by atoms with E-state index in [-0.39, 0.29) is 17.7 Å². The fourth-order valence-corrected chi connectivity index (χ4v) is 3.23. The lowest BCUT2D eigenvalue weighted by Gasteiger charge is -2.15. The van der Waals surface area contributed by atoms with Crippen LogP contribution in [0.2, 0.25) is 0 Å². The first-order valence-corrected chi connectivity index (χ1v) is 8.59. The Kier molecular flexibility index (Phi) is 6.20. The van der Waals surface area contributed by atoms with E-state index in [1.807, 2.05) is 6.07 Å². The van der Waals surface area contributed by atoms with E-state index in [1.54, 1.807) is 24.3 Å². The summed E-state index contributed by atoms with van der Waals surface area (Å²) in [5.41, 5.74) is 5.11. The molecule has 0 aliphatic carbocycles. The minimum Gasteiger partial charge on any atom is -0.368 e. The zero-order valence-corrected chi connectivity index (χ0v) is 13.6. The third-order valence-corrected chi connectivity index (χ3v) is 4.77. The van der Waals surface area contributed by atoms with Crippen molar-refractivity contribution in [3.8, 4) is 0 Å². The maximum absolute atomic E-state index is 13.6. The van der Waals surface area contributed by atoms with Crippen molar-refractivity contribution in [2.45, 2.75) is 17.4 Å². The highest BCUT2D eigenvalue weighted by atomic mass is 32.2. The second-order valence-corrected chi connectivity index (χ2v) is 6.63. The summed E-state index contributed by atoms with van der Waals surface area (Å²) in [5.74, 6) is -2.03. The molecule has 5 nitrogen and oxygen atoms in total. The van der Waals surface area contributed by atoms with Gasteiger partial charge in [-0.25, -0.2) is 4.39 Å². The third-order valence-electron chi connectivity index (χ3n) is 3.37. The van der Waals surface area contributed by atoms with Gasteiger partial charge in [-0.1, -0.05) is 30.3 Å². The molecule has 0 saturated carbocycles. The Morgan fingerprint density at radius 2 is 1.71 bits per heavy atom. The van der Waals surface area contributed by atoms with Gasteiger partial charge in [0, 0.05) is 10.6 Å². The first-order chi connectivity index (χ1) is 11.5. The van der Waals surface area contributed by atoms with Crippen molar-refractivity contribution >= 4 is 22.6 Å². The summed E-state index contributed by atoms with van der Waals surface area (Å²) < 4.78 is 25.8. The smallest absolute Gasteiger partial charge is 0.254 e. The van der Waals surface area contributed by atoms with E-state index in [0.717, 1.165) is 6.07 Å². The molecule has 0 unspecified atom stereocenters. The highest BCUT2D eigenvalue weighted by Crippen LogP contribution is 2.10. The Labute approximate surface area is 141 Å². The van der Waals surface area contributed by atoms with Crippen molar-refractivity contribution < 1.29 is 18.2 Å². The Bertz CT molecular complexity index is 753. The molecule has 24 heavy (non-hydrogen) atoms. The summed E-state index contributed by atoms with van der Waals surface area (Å²) in [6.45, 7) is 0. The maximum atomic E-state index is 13.6. The van der Waals surface area contributed by atoms with Gasteiger partial charge in [0.05, 0.1) is 16.4 Å². The molecule has 0 aromatic heterocycles. The first kappa shape index (κ1) is 17.8. The summed E-state index contributed by atoms with van der Waals surface area (Å²) in [7, 11) is -1.32. The van der Waals surface area contributed by atoms with Gasteiger partial charge in [0.1, 0.15) is 11.9 Å². The zero-order valence-electron chi connectivity index (χ0n) is 12.8. The van der Waals surface area contributed by atoms with Crippen LogP contribution < -0.4 is 11.1 Å². The molecular weight excluding hydrogens is 331 g/mol. The van der Waals surface area contributed by atoms with E-state index in [2.05, 4.69) is 5.32 Å². The first-order valence-electron chi connectivity index (χ1n) is 7.27. The van der Waals surface area contributed by atoms with Crippen LogP contribution in [-0.2, 0) is 15.6 Å². The highest BCUT2D eigenvalue weighted by molar-refractivity contribution is 7.85. The lowest BCUT2D eigenvalue weighted by molar-refractivity contribution is -0.119. The Morgan fingerprint density at radius 3 is 2.33 bits per heavy atom. The van der Waals surface area contributed by atoms with Gasteiger partial charge in [0.25, 0.3) is 5.91 Å². The molecule has 2 aromatic rings. The van der Waals surface area contributed by atoms with Gasteiger partial charge in [0.15, 0.2) is 0 Å². The van der Waals surface area contributed by atoms with Crippen molar-refractivity contribution in [1.82, 2.24) is 5.32 Å². The van der Waals surface area contributed by atoms with Crippen molar-refractivity contribution in [3.63, 3.8) is 0 Å².